The topological polar surface area (TPSA) is 27.0 Å². The summed E-state index contributed by atoms with van der Waals surface area (Å²) in [4.78, 5) is 2.61. The monoisotopic (exact) mass is 220 g/mol. The standard InChI is InChI=1S/C14H24N2/c1-3-12-6-7-16(10-12)14-8-11(2)4-5-13(14)9-15/h11-14H,3-8,10H2,1-2H3. The van der Waals surface area contributed by atoms with Crippen molar-refractivity contribution in [2.45, 2.75) is 52.0 Å². The van der Waals surface area contributed by atoms with Crippen molar-refractivity contribution in [3.63, 3.8) is 0 Å². The van der Waals surface area contributed by atoms with Gasteiger partial charge in [0, 0.05) is 12.6 Å². The van der Waals surface area contributed by atoms with Gasteiger partial charge in [-0.1, -0.05) is 20.3 Å². The smallest absolute Gasteiger partial charge is 0.0672 e. The molecule has 0 aromatic carbocycles. The maximum Gasteiger partial charge on any atom is 0.0672 e. The fourth-order valence-electron chi connectivity index (χ4n) is 3.40. The van der Waals surface area contributed by atoms with Crippen LogP contribution in [0.15, 0.2) is 0 Å². The SMILES string of the molecule is CCC1CCN(C2CC(C)CCC2C#N)C1. The third kappa shape index (κ3) is 2.40. The molecule has 0 bridgehead atoms. The molecule has 1 saturated heterocycles. The van der Waals surface area contributed by atoms with Crippen molar-refractivity contribution < 1.29 is 0 Å². The van der Waals surface area contributed by atoms with Crippen LogP contribution in [0.2, 0.25) is 0 Å². The minimum Gasteiger partial charge on any atom is -0.299 e. The molecule has 1 heterocycles. The van der Waals surface area contributed by atoms with E-state index in [1.54, 1.807) is 0 Å². The summed E-state index contributed by atoms with van der Waals surface area (Å²) >= 11 is 0. The van der Waals surface area contributed by atoms with Gasteiger partial charge in [0.25, 0.3) is 0 Å². The van der Waals surface area contributed by atoms with Crippen molar-refractivity contribution in [2.75, 3.05) is 13.1 Å². The summed E-state index contributed by atoms with van der Waals surface area (Å²) in [6.45, 7) is 7.10. The molecule has 0 spiro atoms. The first kappa shape index (κ1) is 11.9. The quantitative estimate of drug-likeness (QED) is 0.715. The number of hydrogen-bond acceptors (Lipinski definition) is 2. The second kappa shape index (κ2) is 5.19. The van der Waals surface area contributed by atoms with E-state index >= 15 is 0 Å². The Morgan fingerprint density at radius 3 is 2.75 bits per heavy atom. The molecule has 0 aromatic heterocycles. The van der Waals surface area contributed by atoms with E-state index in [1.165, 1.54) is 38.8 Å². The van der Waals surface area contributed by atoms with Gasteiger partial charge in [-0.05, 0) is 44.1 Å². The predicted octanol–water partition coefficient (Wildman–Crippen LogP) is 3.05. The summed E-state index contributed by atoms with van der Waals surface area (Å²) < 4.78 is 0. The molecule has 90 valence electrons. The Balaban J connectivity index is 1.98. The zero-order valence-corrected chi connectivity index (χ0v) is 10.7. The molecule has 0 amide bonds. The molecule has 1 aliphatic heterocycles. The van der Waals surface area contributed by atoms with E-state index in [-0.39, 0.29) is 0 Å². The Bertz CT molecular complexity index is 268. The van der Waals surface area contributed by atoms with Gasteiger partial charge >= 0.3 is 0 Å². The number of rotatable bonds is 2. The van der Waals surface area contributed by atoms with Crippen LogP contribution < -0.4 is 0 Å². The van der Waals surface area contributed by atoms with Gasteiger partial charge < -0.3 is 0 Å². The van der Waals surface area contributed by atoms with Gasteiger partial charge in [-0.25, -0.2) is 0 Å². The van der Waals surface area contributed by atoms with E-state index in [1.807, 2.05) is 0 Å². The Labute approximate surface area is 99.6 Å². The molecule has 0 radical (unpaired) electrons. The van der Waals surface area contributed by atoms with Crippen LogP contribution >= 0.6 is 0 Å². The van der Waals surface area contributed by atoms with Crippen molar-refractivity contribution in [1.82, 2.24) is 4.90 Å². The molecule has 1 saturated carbocycles. The second-order valence-corrected chi connectivity index (χ2v) is 5.78. The average Bonchev–Trinajstić information content (AvgIpc) is 2.77. The van der Waals surface area contributed by atoms with Crippen molar-refractivity contribution in [3.8, 4) is 6.07 Å². The molecule has 4 unspecified atom stereocenters. The summed E-state index contributed by atoms with van der Waals surface area (Å²) in [7, 11) is 0. The number of hydrogen-bond donors (Lipinski definition) is 0. The van der Waals surface area contributed by atoms with E-state index in [0.29, 0.717) is 12.0 Å². The molecular formula is C14H24N2. The number of nitriles is 1. The Hall–Kier alpha value is -0.550. The van der Waals surface area contributed by atoms with Crippen LogP contribution in [0, 0.1) is 29.1 Å². The number of nitrogens with zero attached hydrogens (tertiary/aromatic N) is 2. The van der Waals surface area contributed by atoms with Crippen LogP contribution in [0.5, 0.6) is 0 Å². The van der Waals surface area contributed by atoms with E-state index in [0.717, 1.165) is 18.3 Å². The lowest BCUT2D eigenvalue weighted by molar-refractivity contribution is 0.125. The van der Waals surface area contributed by atoms with Crippen LogP contribution in [0.25, 0.3) is 0 Å². The van der Waals surface area contributed by atoms with Crippen molar-refractivity contribution in [1.29, 1.82) is 5.26 Å². The van der Waals surface area contributed by atoms with Gasteiger partial charge in [0.05, 0.1) is 12.0 Å². The van der Waals surface area contributed by atoms with Crippen LogP contribution in [0.4, 0.5) is 0 Å². The molecule has 2 aliphatic rings. The molecule has 2 rings (SSSR count). The van der Waals surface area contributed by atoms with Gasteiger partial charge in [-0.3, -0.25) is 4.90 Å². The highest BCUT2D eigenvalue weighted by molar-refractivity contribution is 4.98. The van der Waals surface area contributed by atoms with E-state index in [4.69, 9.17) is 0 Å². The van der Waals surface area contributed by atoms with E-state index in [2.05, 4.69) is 24.8 Å². The molecule has 16 heavy (non-hydrogen) atoms. The minimum absolute atomic E-state index is 0.298. The van der Waals surface area contributed by atoms with Crippen LogP contribution in [-0.2, 0) is 0 Å². The van der Waals surface area contributed by atoms with Crippen molar-refractivity contribution in [2.24, 2.45) is 17.8 Å². The van der Waals surface area contributed by atoms with E-state index < -0.39 is 0 Å². The molecule has 1 aliphatic carbocycles. The Morgan fingerprint density at radius 2 is 2.12 bits per heavy atom. The van der Waals surface area contributed by atoms with Gasteiger partial charge in [-0.15, -0.1) is 0 Å². The first-order valence-electron chi connectivity index (χ1n) is 6.88. The highest BCUT2D eigenvalue weighted by Gasteiger charge is 2.35. The summed E-state index contributed by atoms with van der Waals surface area (Å²) in [5.41, 5.74) is 0. The highest BCUT2D eigenvalue weighted by atomic mass is 15.2. The number of likely N-dealkylation sites (tertiary alicyclic amines) is 1. The largest absolute Gasteiger partial charge is 0.299 e. The van der Waals surface area contributed by atoms with Crippen molar-refractivity contribution >= 4 is 0 Å². The first-order chi connectivity index (χ1) is 7.74. The summed E-state index contributed by atoms with van der Waals surface area (Å²) in [5, 5.41) is 9.25. The molecular weight excluding hydrogens is 196 g/mol. The fraction of sp³-hybridized carbons (Fsp3) is 0.929. The summed E-state index contributed by atoms with van der Waals surface area (Å²) in [5.74, 6) is 2.00. The Morgan fingerprint density at radius 1 is 1.31 bits per heavy atom. The van der Waals surface area contributed by atoms with Gasteiger partial charge in [0.15, 0.2) is 0 Å². The van der Waals surface area contributed by atoms with Crippen LogP contribution in [0.1, 0.15) is 46.0 Å². The van der Waals surface area contributed by atoms with Crippen LogP contribution in [0.3, 0.4) is 0 Å². The van der Waals surface area contributed by atoms with Crippen LogP contribution in [-0.4, -0.2) is 24.0 Å². The zero-order valence-electron chi connectivity index (χ0n) is 10.7. The lowest BCUT2D eigenvalue weighted by atomic mass is 9.79. The van der Waals surface area contributed by atoms with Gasteiger partial charge in [0.1, 0.15) is 0 Å². The molecule has 2 fully saturated rings. The van der Waals surface area contributed by atoms with Gasteiger partial charge in [0.2, 0.25) is 0 Å². The van der Waals surface area contributed by atoms with Gasteiger partial charge in [-0.2, -0.15) is 5.26 Å². The molecule has 4 atom stereocenters. The molecule has 2 nitrogen and oxygen atoms in total. The fourth-order valence-corrected chi connectivity index (χ4v) is 3.40. The normalized spacial score (nSPS) is 40.8. The third-order valence-corrected chi connectivity index (χ3v) is 4.61. The molecule has 0 N–H and O–H groups in total. The summed E-state index contributed by atoms with van der Waals surface area (Å²) in [6, 6.07) is 3.10. The molecule has 2 heteroatoms. The summed E-state index contributed by atoms with van der Waals surface area (Å²) in [6.07, 6.45) is 6.26. The maximum absolute atomic E-state index is 9.25. The first-order valence-corrected chi connectivity index (χ1v) is 6.88. The lowest BCUT2D eigenvalue weighted by Gasteiger charge is -2.37. The third-order valence-electron chi connectivity index (χ3n) is 4.61. The predicted molar refractivity (Wildman–Crippen MR) is 65.9 cm³/mol. The van der Waals surface area contributed by atoms with E-state index in [9.17, 15) is 5.26 Å². The minimum atomic E-state index is 0.298. The highest BCUT2D eigenvalue weighted by Crippen LogP contribution is 2.34. The average molecular weight is 220 g/mol. The zero-order chi connectivity index (χ0) is 11.5. The Kier molecular flexibility index (Phi) is 3.86. The second-order valence-electron chi connectivity index (χ2n) is 5.78. The maximum atomic E-state index is 9.25. The molecule has 0 aromatic rings. The lowest BCUT2D eigenvalue weighted by Crippen LogP contribution is -2.42. The van der Waals surface area contributed by atoms with Crippen molar-refractivity contribution in [3.05, 3.63) is 0 Å².